The standard InChI is InChI=1S/C16H24N2O/c1-11-6-4-8-15(12(11)2)16(19)18-9-5-7-14(10-18)13(3)17/h4,6,8,13-14H,5,7,9-10,17H2,1-3H3. The van der Waals surface area contributed by atoms with Gasteiger partial charge in [-0.2, -0.15) is 0 Å². The van der Waals surface area contributed by atoms with Gasteiger partial charge in [-0.1, -0.05) is 12.1 Å². The van der Waals surface area contributed by atoms with Gasteiger partial charge in [0.25, 0.3) is 5.91 Å². The number of likely N-dealkylation sites (tertiary alicyclic amines) is 1. The van der Waals surface area contributed by atoms with Crippen LogP contribution in [0.4, 0.5) is 0 Å². The predicted octanol–water partition coefficient (Wildman–Crippen LogP) is 2.50. The second kappa shape index (κ2) is 5.74. The van der Waals surface area contributed by atoms with Crippen LogP contribution in [0.3, 0.4) is 0 Å². The predicted molar refractivity (Wildman–Crippen MR) is 78.2 cm³/mol. The maximum Gasteiger partial charge on any atom is 0.254 e. The molecule has 0 aromatic heterocycles. The van der Waals surface area contributed by atoms with Gasteiger partial charge in [0.05, 0.1) is 0 Å². The number of nitrogens with zero attached hydrogens (tertiary/aromatic N) is 1. The van der Waals surface area contributed by atoms with Gasteiger partial charge in [-0.25, -0.2) is 0 Å². The van der Waals surface area contributed by atoms with Crippen LogP contribution in [-0.2, 0) is 0 Å². The Bertz CT molecular complexity index is 468. The molecule has 0 aliphatic carbocycles. The van der Waals surface area contributed by atoms with Crippen LogP contribution in [0.1, 0.15) is 41.3 Å². The number of hydrogen-bond donors (Lipinski definition) is 1. The first-order valence-electron chi connectivity index (χ1n) is 7.11. The highest BCUT2D eigenvalue weighted by Gasteiger charge is 2.27. The molecule has 0 saturated carbocycles. The summed E-state index contributed by atoms with van der Waals surface area (Å²) in [5.74, 6) is 0.592. The molecule has 1 heterocycles. The average Bonchev–Trinajstić information content (AvgIpc) is 2.41. The lowest BCUT2D eigenvalue weighted by Gasteiger charge is -2.35. The smallest absolute Gasteiger partial charge is 0.254 e. The Kier molecular flexibility index (Phi) is 4.25. The summed E-state index contributed by atoms with van der Waals surface area (Å²) in [7, 11) is 0. The fourth-order valence-electron chi connectivity index (χ4n) is 2.78. The van der Waals surface area contributed by atoms with E-state index in [9.17, 15) is 4.79 Å². The van der Waals surface area contributed by atoms with Crippen molar-refractivity contribution in [2.45, 2.75) is 39.7 Å². The molecular weight excluding hydrogens is 236 g/mol. The number of nitrogens with two attached hydrogens (primary N) is 1. The van der Waals surface area contributed by atoms with Gasteiger partial charge in [0.2, 0.25) is 0 Å². The number of amides is 1. The molecule has 1 aliphatic heterocycles. The summed E-state index contributed by atoms with van der Waals surface area (Å²) >= 11 is 0. The number of carbonyl (C=O) groups excluding carboxylic acids is 1. The molecule has 1 amide bonds. The van der Waals surface area contributed by atoms with Crippen LogP contribution in [0.2, 0.25) is 0 Å². The van der Waals surface area contributed by atoms with Gasteiger partial charge in [0.1, 0.15) is 0 Å². The van der Waals surface area contributed by atoms with Crippen molar-refractivity contribution in [1.29, 1.82) is 0 Å². The molecule has 2 atom stereocenters. The third-order valence-electron chi connectivity index (χ3n) is 4.32. The minimum absolute atomic E-state index is 0.159. The third-order valence-corrected chi connectivity index (χ3v) is 4.32. The molecule has 1 aliphatic rings. The second-order valence-corrected chi connectivity index (χ2v) is 5.76. The van der Waals surface area contributed by atoms with Crippen molar-refractivity contribution >= 4 is 5.91 Å². The molecule has 2 N–H and O–H groups in total. The van der Waals surface area contributed by atoms with E-state index in [4.69, 9.17) is 5.73 Å². The lowest BCUT2D eigenvalue weighted by Crippen LogP contribution is -2.45. The number of rotatable bonds is 2. The Morgan fingerprint density at radius 2 is 2.16 bits per heavy atom. The van der Waals surface area contributed by atoms with Crippen molar-refractivity contribution in [2.75, 3.05) is 13.1 Å². The molecule has 2 rings (SSSR count). The molecule has 0 spiro atoms. The summed E-state index contributed by atoms with van der Waals surface area (Å²) in [4.78, 5) is 14.6. The summed E-state index contributed by atoms with van der Waals surface area (Å²) in [5, 5.41) is 0. The van der Waals surface area contributed by atoms with E-state index in [-0.39, 0.29) is 11.9 Å². The van der Waals surface area contributed by atoms with Gasteiger partial charge in [0.15, 0.2) is 0 Å². The van der Waals surface area contributed by atoms with E-state index in [1.807, 2.05) is 43.9 Å². The van der Waals surface area contributed by atoms with E-state index in [0.29, 0.717) is 5.92 Å². The fraction of sp³-hybridized carbons (Fsp3) is 0.562. The highest BCUT2D eigenvalue weighted by atomic mass is 16.2. The largest absolute Gasteiger partial charge is 0.338 e. The number of piperidine rings is 1. The Morgan fingerprint density at radius 3 is 2.84 bits per heavy atom. The molecule has 104 valence electrons. The first kappa shape index (κ1) is 14.1. The monoisotopic (exact) mass is 260 g/mol. The summed E-state index contributed by atoms with van der Waals surface area (Å²) in [6.45, 7) is 7.76. The molecule has 1 aromatic carbocycles. The maximum atomic E-state index is 12.6. The molecule has 0 bridgehead atoms. The lowest BCUT2D eigenvalue weighted by molar-refractivity contribution is 0.0660. The minimum Gasteiger partial charge on any atom is -0.338 e. The van der Waals surface area contributed by atoms with Crippen LogP contribution in [-0.4, -0.2) is 29.9 Å². The molecule has 1 fully saturated rings. The van der Waals surface area contributed by atoms with Crippen molar-refractivity contribution in [3.05, 3.63) is 34.9 Å². The minimum atomic E-state index is 0.159. The number of hydrogen-bond acceptors (Lipinski definition) is 2. The van der Waals surface area contributed by atoms with Crippen LogP contribution in [0, 0.1) is 19.8 Å². The van der Waals surface area contributed by atoms with Crippen molar-refractivity contribution in [3.8, 4) is 0 Å². The normalized spacial score (nSPS) is 21.3. The van der Waals surface area contributed by atoms with Crippen molar-refractivity contribution in [3.63, 3.8) is 0 Å². The lowest BCUT2D eigenvalue weighted by atomic mass is 9.91. The molecule has 3 heteroatoms. The summed E-state index contributed by atoms with van der Waals surface area (Å²) in [5.41, 5.74) is 9.09. The summed E-state index contributed by atoms with van der Waals surface area (Å²) in [6, 6.07) is 6.10. The van der Waals surface area contributed by atoms with E-state index in [1.165, 1.54) is 5.56 Å². The molecule has 1 saturated heterocycles. The molecule has 2 unspecified atom stereocenters. The molecule has 19 heavy (non-hydrogen) atoms. The molecule has 1 aromatic rings. The SMILES string of the molecule is Cc1cccc(C(=O)N2CCCC(C(C)N)C2)c1C. The van der Waals surface area contributed by atoms with E-state index in [0.717, 1.165) is 37.1 Å². The second-order valence-electron chi connectivity index (χ2n) is 5.76. The zero-order chi connectivity index (χ0) is 14.0. The van der Waals surface area contributed by atoms with Crippen LogP contribution in [0.25, 0.3) is 0 Å². The van der Waals surface area contributed by atoms with E-state index in [1.54, 1.807) is 0 Å². The Balaban J connectivity index is 2.17. The topological polar surface area (TPSA) is 46.3 Å². The third kappa shape index (κ3) is 2.98. The van der Waals surface area contributed by atoms with Gasteiger partial charge in [-0.3, -0.25) is 4.79 Å². The Labute approximate surface area is 115 Å². The van der Waals surface area contributed by atoms with Gasteiger partial charge in [-0.15, -0.1) is 0 Å². The van der Waals surface area contributed by atoms with Crippen molar-refractivity contribution in [2.24, 2.45) is 11.7 Å². The van der Waals surface area contributed by atoms with E-state index >= 15 is 0 Å². The summed E-state index contributed by atoms with van der Waals surface area (Å²) in [6.07, 6.45) is 2.19. The Morgan fingerprint density at radius 1 is 1.42 bits per heavy atom. The quantitative estimate of drug-likeness (QED) is 0.888. The number of benzene rings is 1. The molecule has 3 nitrogen and oxygen atoms in total. The van der Waals surface area contributed by atoms with Crippen LogP contribution in [0.5, 0.6) is 0 Å². The highest BCUT2D eigenvalue weighted by molar-refractivity contribution is 5.96. The maximum absolute atomic E-state index is 12.6. The average molecular weight is 260 g/mol. The van der Waals surface area contributed by atoms with Gasteiger partial charge >= 0.3 is 0 Å². The summed E-state index contributed by atoms with van der Waals surface area (Å²) < 4.78 is 0. The zero-order valence-electron chi connectivity index (χ0n) is 12.1. The van der Waals surface area contributed by atoms with E-state index in [2.05, 4.69) is 0 Å². The zero-order valence-corrected chi connectivity index (χ0v) is 12.1. The van der Waals surface area contributed by atoms with Gasteiger partial charge in [-0.05, 0) is 56.7 Å². The fourth-order valence-corrected chi connectivity index (χ4v) is 2.78. The van der Waals surface area contributed by atoms with Crippen LogP contribution < -0.4 is 5.73 Å². The van der Waals surface area contributed by atoms with Crippen molar-refractivity contribution in [1.82, 2.24) is 4.90 Å². The first-order valence-corrected chi connectivity index (χ1v) is 7.11. The number of carbonyl (C=O) groups is 1. The molecule has 0 radical (unpaired) electrons. The van der Waals surface area contributed by atoms with Crippen LogP contribution in [0.15, 0.2) is 18.2 Å². The van der Waals surface area contributed by atoms with Crippen molar-refractivity contribution < 1.29 is 4.79 Å². The number of aryl methyl sites for hydroxylation is 1. The van der Waals surface area contributed by atoms with Gasteiger partial charge in [0, 0.05) is 24.7 Å². The highest BCUT2D eigenvalue weighted by Crippen LogP contribution is 2.22. The molecular formula is C16H24N2O. The van der Waals surface area contributed by atoms with Gasteiger partial charge < -0.3 is 10.6 Å². The van der Waals surface area contributed by atoms with E-state index < -0.39 is 0 Å². The van der Waals surface area contributed by atoms with Crippen LogP contribution >= 0.6 is 0 Å². The Hall–Kier alpha value is -1.35. The first-order chi connectivity index (χ1) is 9.00.